The van der Waals surface area contributed by atoms with Crippen LogP contribution in [0, 0.1) is 5.92 Å². The molecular weight excluding hydrogens is 262 g/mol. The van der Waals surface area contributed by atoms with E-state index in [0.717, 1.165) is 37.4 Å². The Balaban J connectivity index is 2.07. The molecule has 0 bridgehead atoms. The van der Waals surface area contributed by atoms with Gasteiger partial charge in [-0.3, -0.25) is 4.79 Å². The highest BCUT2D eigenvalue weighted by atomic mass is 16.5. The standard InChI is InChI=1S/C18H27NO2/c1-3-19(4-2)17-11-10-16(13-20)18(12-17)21-14-15-8-6-5-7-9-15/h10-13,15H,3-9,14H2,1-2H3. The Labute approximate surface area is 128 Å². The monoisotopic (exact) mass is 289 g/mol. The van der Waals surface area contributed by atoms with Gasteiger partial charge in [-0.2, -0.15) is 0 Å². The van der Waals surface area contributed by atoms with Gasteiger partial charge in [0.05, 0.1) is 12.2 Å². The summed E-state index contributed by atoms with van der Waals surface area (Å²) in [6.45, 7) is 6.93. The first-order chi connectivity index (χ1) is 10.3. The third kappa shape index (κ3) is 4.23. The van der Waals surface area contributed by atoms with Crippen molar-refractivity contribution >= 4 is 12.0 Å². The summed E-state index contributed by atoms with van der Waals surface area (Å²) in [4.78, 5) is 13.5. The molecule has 0 heterocycles. The second kappa shape index (κ2) is 8.06. The molecule has 0 atom stereocenters. The summed E-state index contributed by atoms with van der Waals surface area (Å²) in [6.07, 6.45) is 7.39. The van der Waals surface area contributed by atoms with Gasteiger partial charge in [-0.15, -0.1) is 0 Å². The molecule has 0 unspecified atom stereocenters. The van der Waals surface area contributed by atoms with Gasteiger partial charge in [0.15, 0.2) is 6.29 Å². The van der Waals surface area contributed by atoms with Gasteiger partial charge in [0.25, 0.3) is 0 Å². The Hall–Kier alpha value is -1.51. The average Bonchev–Trinajstić information content (AvgIpc) is 2.55. The SMILES string of the molecule is CCN(CC)c1ccc(C=O)c(OCC2CCCCC2)c1. The Bertz CT molecular complexity index is 449. The lowest BCUT2D eigenvalue weighted by atomic mass is 9.90. The number of aldehydes is 1. The summed E-state index contributed by atoms with van der Waals surface area (Å²) in [5.41, 5.74) is 1.78. The van der Waals surface area contributed by atoms with E-state index in [4.69, 9.17) is 4.74 Å². The summed E-state index contributed by atoms with van der Waals surface area (Å²) < 4.78 is 5.99. The normalized spacial score (nSPS) is 15.7. The third-order valence-electron chi connectivity index (χ3n) is 4.45. The van der Waals surface area contributed by atoms with Crippen molar-refractivity contribution in [1.29, 1.82) is 0 Å². The van der Waals surface area contributed by atoms with E-state index < -0.39 is 0 Å². The number of anilines is 1. The zero-order valence-corrected chi connectivity index (χ0v) is 13.3. The molecule has 1 fully saturated rings. The van der Waals surface area contributed by atoms with Crippen molar-refractivity contribution in [2.24, 2.45) is 5.92 Å². The molecule has 116 valence electrons. The highest BCUT2D eigenvalue weighted by molar-refractivity contribution is 5.80. The Morgan fingerprint density at radius 1 is 1.19 bits per heavy atom. The minimum Gasteiger partial charge on any atom is -0.492 e. The van der Waals surface area contributed by atoms with Crippen LogP contribution in [0.1, 0.15) is 56.3 Å². The Morgan fingerprint density at radius 3 is 2.52 bits per heavy atom. The van der Waals surface area contributed by atoms with Crippen LogP contribution in [0.4, 0.5) is 5.69 Å². The molecule has 0 saturated heterocycles. The first kappa shape index (κ1) is 15.9. The van der Waals surface area contributed by atoms with E-state index in [9.17, 15) is 4.79 Å². The maximum atomic E-state index is 11.2. The molecule has 21 heavy (non-hydrogen) atoms. The van der Waals surface area contributed by atoms with E-state index in [2.05, 4.69) is 18.7 Å². The molecule has 0 N–H and O–H groups in total. The molecule has 1 aromatic rings. The third-order valence-corrected chi connectivity index (χ3v) is 4.45. The summed E-state index contributed by atoms with van der Waals surface area (Å²) in [7, 11) is 0. The van der Waals surface area contributed by atoms with E-state index in [1.54, 1.807) is 0 Å². The van der Waals surface area contributed by atoms with Crippen LogP contribution >= 0.6 is 0 Å². The minimum atomic E-state index is 0.648. The zero-order chi connectivity index (χ0) is 15.1. The largest absolute Gasteiger partial charge is 0.492 e. The van der Waals surface area contributed by atoms with Gasteiger partial charge in [0.1, 0.15) is 5.75 Å². The molecule has 0 spiro atoms. The Kier molecular flexibility index (Phi) is 6.09. The van der Waals surface area contributed by atoms with Gasteiger partial charge < -0.3 is 9.64 Å². The van der Waals surface area contributed by atoms with Crippen LogP contribution in [0.2, 0.25) is 0 Å². The van der Waals surface area contributed by atoms with Gasteiger partial charge in [-0.1, -0.05) is 19.3 Å². The second-order valence-electron chi connectivity index (χ2n) is 5.83. The second-order valence-corrected chi connectivity index (χ2v) is 5.83. The molecule has 1 aliphatic rings. The quantitative estimate of drug-likeness (QED) is 0.701. The van der Waals surface area contributed by atoms with Crippen LogP contribution in [-0.4, -0.2) is 26.0 Å². The molecule has 1 saturated carbocycles. The Morgan fingerprint density at radius 2 is 1.90 bits per heavy atom. The predicted molar refractivity (Wildman–Crippen MR) is 87.5 cm³/mol. The number of carbonyl (C=O) groups excluding carboxylic acids is 1. The molecule has 0 aromatic heterocycles. The lowest BCUT2D eigenvalue weighted by Crippen LogP contribution is -2.22. The molecule has 3 heteroatoms. The molecule has 1 aliphatic carbocycles. The topological polar surface area (TPSA) is 29.5 Å². The molecule has 0 aliphatic heterocycles. The first-order valence-electron chi connectivity index (χ1n) is 8.25. The highest BCUT2D eigenvalue weighted by Crippen LogP contribution is 2.28. The lowest BCUT2D eigenvalue weighted by molar-refractivity contribution is 0.111. The molecule has 1 aromatic carbocycles. The highest BCUT2D eigenvalue weighted by Gasteiger charge is 2.15. The number of nitrogens with zero attached hydrogens (tertiary/aromatic N) is 1. The summed E-state index contributed by atoms with van der Waals surface area (Å²) in [5, 5.41) is 0. The van der Waals surface area contributed by atoms with E-state index in [1.165, 1.54) is 32.1 Å². The maximum Gasteiger partial charge on any atom is 0.153 e. The maximum absolute atomic E-state index is 11.2. The molecule has 2 rings (SSSR count). The van der Waals surface area contributed by atoms with E-state index in [1.807, 2.05) is 18.2 Å². The molecule has 0 amide bonds. The van der Waals surface area contributed by atoms with Crippen LogP contribution in [-0.2, 0) is 0 Å². The average molecular weight is 289 g/mol. The molecular formula is C18H27NO2. The summed E-state index contributed by atoms with van der Waals surface area (Å²) in [6, 6.07) is 5.89. The number of rotatable bonds is 7. The number of benzene rings is 1. The molecule has 0 radical (unpaired) electrons. The van der Waals surface area contributed by atoms with Gasteiger partial charge in [-0.05, 0) is 44.7 Å². The van der Waals surface area contributed by atoms with Crippen molar-refractivity contribution in [2.45, 2.75) is 46.0 Å². The number of hydrogen-bond donors (Lipinski definition) is 0. The van der Waals surface area contributed by atoms with Gasteiger partial charge >= 0.3 is 0 Å². The van der Waals surface area contributed by atoms with Crippen LogP contribution in [0.5, 0.6) is 5.75 Å². The predicted octanol–water partition coefficient (Wildman–Crippen LogP) is 4.30. The smallest absolute Gasteiger partial charge is 0.153 e. The van der Waals surface area contributed by atoms with Crippen LogP contribution < -0.4 is 9.64 Å². The van der Waals surface area contributed by atoms with Crippen LogP contribution in [0.3, 0.4) is 0 Å². The zero-order valence-electron chi connectivity index (χ0n) is 13.3. The number of ether oxygens (including phenoxy) is 1. The van der Waals surface area contributed by atoms with Gasteiger partial charge in [-0.25, -0.2) is 0 Å². The van der Waals surface area contributed by atoms with Crippen molar-refractivity contribution in [1.82, 2.24) is 0 Å². The molecule has 3 nitrogen and oxygen atoms in total. The van der Waals surface area contributed by atoms with Crippen molar-refractivity contribution < 1.29 is 9.53 Å². The van der Waals surface area contributed by atoms with Crippen LogP contribution in [0.25, 0.3) is 0 Å². The van der Waals surface area contributed by atoms with Crippen molar-refractivity contribution in [3.63, 3.8) is 0 Å². The first-order valence-corrected chi connectivity index (χ1v) is 8.25. The minimum absolute atomic E-state index is 0.648. The van der Waals surface area contributed by atoms with Gasteiger partial charge in [0.2, 0.25) is 0 Å². The lowest BCUT2D eigenvalue weighted by Gasteiger charge is -2.24. The van der Waals surface area contributed by atoms with Gasteiger partial charge in [0, 0.05) is 24.8 Å². The van der Waals surface area contributed by atoms with Crippen molar-refractivity contribution in [3.8, 4) is 5.75 Å². The van der Waals surface area contributed by atoms with E-state index in [0.29, 0.717) is 11.5 Å². The van der Waals surface area contributed by atoms with Crippen LogP contribution in [0.15, 0.2) is 18.2 Å². The fraction of sp³-hybridized carbons (Fsp3) is 0.611. The fourth-order valence-electron chi connectivity index (χ4n) is 3.09. The van der Waals surface area contributed by atoms with Crippen molar-refractivity contribution in [3.05, 3.63) is 23.8 Å². The summed E-state index contributed by atoms with van der Waals surface area (Å²) >= 11 is 0. The number of hydrogen-bond acceptors (Lipinski definition) is 3. The fourth-order valence-corrected chi connectivity index (χ4v) is 3.09. The summed E-state index contributed by atoms with van der Waals surface area (Å²) in [5.74, 6) is 1.38. The van der Waals surface area contributed by atoms with E-state index in [-0.39, 0.29) is 0 Å². The number of carbonyl (C=O) groups is 1. The van der Waals surface area contributed by atoms with E-state index >= 15 is 0 Å². The van der Waals surface area contributed by atoms with Crippen molar-refractivity contribution in [2.75, 3.05) is 24.6 Å².